The Morgan fingerprint density at radius 3 is 2.42 bits per heavy atom. The number of esters is 1. The van der Waals surface area contributed by atoms with Crippen LogP contribution in [0.2, 0.25) is 5.02 Å². The first kappa shape index (κ1) is 30.4. The van der Waals surface area contributed by atoms with Crippen molar-refractivity contribution in [1.82, 2.24) is 4.90 Å². The summed E-state index contributed by atoms with van der Waals surface area (Å²) in [5, 5.41) is -0.0886. The van der Waals surface area contributed by atoms with E-state index in [1.165, 1.54) is 13.2 Å². The zero-order chi connectivity index (χ0) is 29.2. The number of rotatable bonds is 8. The number of benzene rings is 1. The highest BCUT2D eigenvalue weighted by molar-refractivity contribution is 6.47. The lowest BCUT2D eigenvalue weighted by molar-refractivity contribution is -0.138. The van der Waals surface area contributed by atoms with Gasteiger partial charge in [-0.05, 0) is 80.6 Å². The van der Waals surface area contributed by atoms with Crippen molar-refractivity contribution >= 4 is 29.2 Å². The van der Waals surface area contributed by atoms with E-state index in [2.05, 4.69) is 20.8 Å². The molecule has 218 valence electrons. The highest BCUT2D eigenvalue weighted by Crippen LogP contribution is 2.47. The average molecular weight is 579 g/mol. The molecule has 40 heavy (non-hydrogen) atoms. The highest BCUT2D eigenvalue weighted by atomic mass is 35.5. The van der Waals surface area contributed by atoms with E-state index in [0.717, 1.165) is 43.4 Å². The van der Waals surface area contributed by atoms with Crippen LogP contribution in [-0.2, 0) is 20.5 Å². The number of nitrogens with zero attached hydrogens (tertiary/aromatic N) is 2. The topological polar surface area (TPSA) is 59.0 Å². The maximum atomic E-state index is 14.3. The van der Waals surface area contributed by atoms with Crippen molar-refractivity contribution in [2.24, 2.45) is 16.8 Å². The Labute approximate surface area is 239 Å². The minimum Gasteiger partial charge on any atom is -0.466 e. The molecule has 0 radical (unpaired) electrons. The van der Waals surface area contributed by atoms with Gasteiger partial charge >= 0.3 is 12.1 Å². The second-order valence-corrected chi connectivity index (χ2v) is 11.9. The molecular weight excluding hydrogens is 541 g/mol. The molecule has 0 N–H and O–H groups in total. The summed E-state index contributed by atoms with van der Waals surface area (Å²) < 4.78 is 45.9. The van der Waals surface area contributed by atoms with Gasteiger partial charge in [-0.3, -0.25) is 9.79 Å². The van der Waals surface area contributed by atoms with Crippen LogP contribution < -0.4 is 0 Å². The monoisotopic (exact) mass is 578 g/mol. The fraction of sp³-hybridized carbons (Fsp3) is 0.581. The second-order valence-electron chi connectivity index (χ2n) is 11.5. The highest BCUT2D eigenvalue weighted by Gasteiger charge is 2.52. The molecular formula is C31H38ClF3N2O3. The fourth-order valence-electron chi connectivity index (χ4n) is 6.35. The van der Waals surface area contributed by atoms with Gasteiger partial charge in [-0.1, -0.05) is 57.4 Å². The van der Waals surface area contributed by atoms with Gasteiger partial charge in [-0.15, -0.1) is 0 Å². The van der Waals surface area contributed by atoms with Crippen LogP contribution in [-0.4, -0.2) is 41.3 Å². The predicted molar refractivity (Wildman–Crippen MR) is 150 cm³/mol. The number of allylic oxidation sites excluding steroid dienone is 2. The van der Waals surface area contributed by atoms with E-state index >= 15 is 0 Å². The third-order valence-corrected chi connectivity index (χ3v) is 8.88. The zero-order valence-electron chi connectivity index (χ0n) is 23.6. The lowest BCUT2D eigenvalue weighted by Crippen LogP contribution is -2.55. The van der Waals surface area contributed by atoms with Crippen molar-refractivity contribution < 1.29 is 27.5 Å². The summed E-state index contributed by atoms with van der Waals surface area (Å²) in [6, 6.07) is 2.97. The number of halogens is 4. The van der Waals surface area contributed by atoms with Gasteiger partial charge in [0.15, 0.2) is 0 Å². The lowest BCUT2D eigenvalue weighted by atomic mass is 9.75. The van der Waals surface area contributed by atoms with Crippen LogP contribution in [0.15, 0.2) is 46.5 Å². The molecule has 1 spiro atoms. The van der Waals surface area contributed by atoms with Crippen molar-refractivity contribution in [2.45, 2.75) is 96.4 Å². The first-order valence-corrected chi connectivity index (χ1v) is 14.6. The number of carbonyl (C=O) groups excluding carboxylic acids is 2. The molecule has 1 unspecified atom stereocenters. The molecule has 1 heterocycles. The molecule has 1 amide bonds. The summed E-state index contributed by atoms with van der Waals surface area (Å²) in [7, 11) is 1.35. The average Bonchev–Trinajstić information content (AvgIpc) is 3.19. The fourth-order valence-corrected chi connectivity index (χ4v) is 6.59. The maximum absolute atomic E-state index is 14.3. The van der Waals surface area contributed by atoms with Crippen molar-refractivity contribution in [3.8, 4) is 0 Å². The number of carbonyl (C=O) groups is 2. The van der Waals surface area contributed by atoms with Crippen molar-refractivity contribution in [1.29, 1.82) is 0 Å². The van der Waals surface area contributed by atoms with Crippen LogP contribution in [0.25, 0.3) is 0 Å². The van der Waals surface area contributed by atoms with Crippen LogP contribution in [0.5, 0.6) is 0 Å². The van der Waals surface area contributed by atoms with E-state index in [1.54, 1.807) is 6.08 Å². The number of hydrogen-bond donors (Lipinski definition) is 0. The summed E-state index contributed by atoms with van der Waals surface area (Å²) in [5.74, 6) is 0.266. The minimum atomic E-state index is -4.60. The van der Waals surface area contributed by atoms with Gasteiger partial charge < -0.3 is 9.64 Å². The quantitative estimate of drug-likeness (QED) is 0.294. The molecule has 2 aliphatic carbocycles. The van der Waals surface area contributed by atoms with Gasteiger partial charge in [-0.25, -0.2) is 4.79 Å². The van der Waals surface area contributed by atoms with Crippen LogP contribution in [0.3, 0.4) is 0 Å². The molecule has 5 nitrogen and oxygen atoms in total. The van der Waals surface area contributed by atoms with E-state index in [-0.39, 0.29) is 34.2 Å². The SMILES string of the molecule is CCCCC(C1=CC=C(C(=O)OC)CC1)N1C(=O)C(c2cc(Cl)cc(C(F)(F)F)c2)=NC12CCC(C(C)C)CC2. The Morgan fingerprint density at radius 2 is 1.88 bits per heavy atom. The summed E-state index contributed by atoms with van der Waals surface area (Å²) >= 11 is 6.12. The van der Waals surface area contributed by atoms with Gasteiger partial charge in [0.25, 0.3) is 5.91 Å². The number of aliphatic imine (C=N–C) groups is 1. The lowest BCUT2D eigenvalue weighted by Gasteiger charge is -2.46. The molecule has 0 aromatic heterocycles. The van der Waals surface area contributed by atoms with Crippen molar-refractivity contribution in [2.75, 3.05) is 7.11 Å². The van der Waals surface area contributed by atoms with Crippen LogP contribution in [0, 0.1) is 11.8 Å². The third kappa shape index (κ3) is 6.17. The van der Waals surface area contributed by atoms with Crippen molar-refractivity contribution in [3.05, 3.63) is 57.6 Å². The summed E-state index contributed by atoms with van der Waals surface area (Å²) in [6.45, 7) is 6.48. The molecule has 9 heteroatoms. The largest absolute Gasteiger partial charge is 0.466 e. The minimum absolute atomic E-state index is 0.0414. The maximum Gasteiger partial charge on any atom is 0.416 e. The number of hydrogen-bond acceptors (Lipinski definition) is 4. The number of alkyl halides is 3. The zero-order valence-corrected chi connectivity index (χ0v) is 24.4. The first-order valence-electron chi connectivity index (χ1n) is 14.2. The normalized spacial score (nSPS) is 24.2. The number of methoxy groups -OCH3 is 1. The summed E-state index contributed by atoms with van der Waals surface area (Å²) in [5.41, 5.74) is 0.00955. The van der Waals surface area contributed by atoms with E-state index in [9.17, 15) is 22.8 Å². The molecule has 1 aromatic rings. The Bertz CT molecular complexity index is 1230. The standard InChI is InChI=1S/C31H38ClF3N2O3/c1-5-6-7-26(21-8-10-22(11-9-21)29(39)40-4)37-28(38)27(23-16-24(31(33,34)35)18-25(32)17-23)36-30(37)14-12-20(13-15-30)19(2)3/h8,10,16-20,26H,5-7,9,11-15H2,1-4H3. The predicted octanol–water partition coefficient (Wildman–Crippen LogP) is 7.91. The molecule has 1 saturated carbocycles. The van der Waals surface area contributed by atoms with E-state index in [4.69, 9.17) is 21.3 Å². The smallest absolute Gasteiger partial charge is 0.416 e. The van der Waals surface area contributed by atoms with Gasteiger partial charge in [0.1, 0.15) is 11.4 Å². The Balaban J connectivity index is 1.80. The molecule has 1 aromatic carbocycles. The summed E-state index contributed by atoms with van der Waals surface area (Å²) in [4.78, 5) is 33.2. The summed E-state index contributed by atoms with van der Waals surface area (Å²) in [6.07, 6.45) is 5.73. The Morgan fingerprint density at radius 1 is 1.18 bits per heavy atom. The van der Waals surface area contributed by atoms with E-state index < -0.39 is 17.4 Å². The molecule has 1 aliphatic heterocycles. The van der Waals surface area contributed by atoms with Gasteiger partial charge in [0.2, 0.25) is 0 Å². The second kappa shape index (κ2) is 12.1. The molecule has 1 fully saturated rings. The number of amides is 1. The third-order valence-electron chi connectivity index (χ3n) is 8.66. The first-order chi connectivity index (χ1) is 18.9. The van der Waals surface area contributed by atoms with E-state index in [0.29, 0.717) is 49.5 Å². The van der Waals surface area contributed by atoms with E-state index in [1.807, 2.05) is 11.0 Å². The number of ether oxygens (including phenoxy) is 1. The van der Waals surface area contributed by atoms with Crippen LogP contribution >= 0.6 is 11.6 Å². The Hall–Kier alpha value is -2.61. The van der Waals surface area contributed by atoms with Gasteiger partial charge in [0, 0.05) is 16.2 Å². The molecule has 0 bridgehead atoms. The number of unbranched alkanes of at least 4 members (excludes halogenated alkanes) is 1. The molecule has 3 aliphatic rings. The molecule has 0 saturated heterocycles. The van der Waals surface area contributed by atoms with Gasteiger partial charge in [0.05, 0.1) is 18.7 Å². The van der Waals surface area contributed by atoms with Crippen LogP contribution in [0.1, 0.15) is 89.7 Å². The van der Waals surface area contributed by atoms with Crippen LogP contribution in [0.4, 0.5) is 13.2 Å². The Kier molecular flexibility index (Phi) is 9.18. The molecule has 1 atom stereocenters. The molecule has 4 rings (SSSR count). The van der Waals surface area contributed by atoms with Crippen molar-refractivity contribution in [3.63, 3.8) is 0 Å². The van der Waals surface area contributed by atoms with Gasteiger partial charge in [-0.2, -0.15) is 13.2 Å².